The van der Waals surface area contributed by atoms with Crippen LogP contribution >= 0.6 is 0 Å². The Kier molecular flexibility index (Phi) is 3.39. The molecular weight excluding hydrogens is 208 g/mol. The van der Waals surface area contributed by atoms with Crippen LogP contribution in [0.4, 0.5) is 0 Å². The van der Waals surface area contributed by atoms with E-state index in [1.807, 2.05) is 0 Å². The first-order valence-corrected chi connectivity index (χ1v) is 4.90. The lowest BCUT2D eigenvalue weighted by molar-refractivity contribution is 0.0913. The Bertz CT molecular complexity index is 402. The molecule has 0 heterocycles. The van der Waals surface area contributed by atoms with Gasteiger partial charge in [0.25, 0.3) is 5.91 Å². The third-order valence-corrected chi connectivity index (χ3v) is 2.19. The summed E-state index contributed by atoms with van der Waals surface area (Å²) < 4.78 is 0. The second-order valence-corrected chi connectivity index (χ2v) is 4.24. The van der Waals surface area contributed by atoms with E-state index in [-0.39, 0.29) is 23.6 Å². The van der Waals surface area contributed by atoms with Gasteiger partial charge in [0.05, 0.1) is 5.56 Å². The van der Waals surface area contributed by atoms with Crippen molar-refractivity contribution in [1.82, 2.24) is 5.32 Å². The number of amides is 1. The number of carbonyl (C=O) groups is 1. The summed E-state index contributed by atoms with van der Waals surface area (Å²) in [4.78, 5) is 11.7. The van der Waals surface area contributed by atoms with E-state index in [0.717, 1.165) is 6.07 Å². The minimum absolute atomic E-state index is 0.0906. The molecule has 0 atom stereocenters. The lowest BCUT2D eigenvalue weighted by Gasteiger charge is -2.24. The Morgan fingerprint density at radius 2 is 2.06 bits per heavy atom. The number of phenols is 2. The molecule has 0 radical (unpaired) electrons. The van der Waals surface area contributed by atoms with Gasteiger partial charge in [0.15, 0.2) is 0 Å². The number of hydrogen-bond donors (Lipinski definition) is 4. The third kappa shape index (κ3) is 2.87. The molecule has 1 aromatic carbocycles. The maximum atomic E-state index is 11.7. The molecule has 0 fully saturated rings. The van der Waals surface area contributed by atoms with Crippen LogP contribution in [0.5, 0.6) is 11.5 Å². The molecule has 0 saturated heterocycles. The van der Waals surface area contributed by atoms with E-state index >= 15 is 0 Å². The van der Waals surface area contributed by atoms with Gasteiger partial charge in [0.2, 0.25) is 0 Å². The van der Waals surface area contributed by atoms with Crippen molar-refractivity contribution in [1.29, 1.82) is 0 Å². The molecule has 0 aromatic heterocycles. The summed E-state index contributed by atoms with van der Waals surface area (Å²) in [6, 6.07) is 3.81. The van der Waals surface area contributed by atoms with Crippen LogP contribution in [0, 0.1) is 0 Å². The van der Waals surface area contributed by atoms with Crippen LogP contribution < -0.4 is 11.1 Å². The van der Waals surface area contributed by atoms with Gasteiger partial charge in [0.1, 0.15) is 11.5 Å². The molecule has 1 aromatic rings. The third-order valence-electron chi connectivity index (χ3n) is 2.19. The fourth-order valence-corrected chi connectivity index (χ4v) is 1.14. The topological polar surface area (TPSA) is 95.6 Å². The molecule has 0 aliphatic heterocycles. The molecule has 16 heavy (non-hydrogen) atoms. The highest BCUT2D eigenvalue weighted by molar-refractivity contribution is 5.97. The summed E-state index contributed by atoms with van der Waals surface area (Å²) in [5.41, 5.74) is 5.05. The monoisotopic (exact) mass is 224 g/mol. The summed E-state index contributed by atoms with van der Waals surface area (Å²) in [6.07, 6.45) is 0. The number of phenolic OH excluding ortho intramolecular Hbond substituents is 2. The molecule has 88 valence electrons. The van der Waals surface area contributed by atoms with Crippen molar-refractivity contribution in [3.63, 3.8) is 0 Å². The maximum Gasteiger partial charge on any atom is 0.255 e. The highest BCUT2D eigenvalue weighted by Gasteiger charge is 2.21. The molecule has 0 unspecified atom stereocenters. The van der Waals surface area contributed by atoms with Crippen molar-refractivity contribution in [2.45, 2.75) is 19.4 Å². The van der Waals surface area contributed by atoms with E-state index in [0.29, 0.717) is 0 Å². The molecule has 1 rings (SSSR count). The SMILES string of the molecule is CC(C)(CN)NC(=O)c1ccc(O)cc1O. The molecule has 5 N–H and O–H groups in total. The molecule has 5 heteroatoms. The second-order valence-electron chi connectivity index (χ2n) is 4.24. The summed E-state index contributed by atoms with van der Waals surface area (Å²) >= 11 is 0. The first kappa shape index (κ1) is 12.3. The molecule has 0 aliphatic rings. The van der Waals surface area contributed by atoms with Crippen LogP contribution in [0.3, 0.4) is 0 Å². The predicted molar refractivity (Wildman–Crippen MR) is 60.4 cm³/mol. The summed E-state index contributed by atoms with van der Waals surface area (Å²) in [7, 11) is 0. The van der Waals surface area contributed by atoms with E-state index in [1.54, 1.807) is 13.8 Å². The van der Waals surface area contributed by atoms with E-state index < -0.39 is 11.4 Å². The number of aromatic hydroxyl groups is 2. The Morgan fingerprint density at radius 3 is 2.56 bits per heavy atom. The van der Waals surface area contributed by atoms with E-state index in [4.69, 9.17) is 10.8 Å². The van der Waals surface area contributed by atoms with Crippen LogP contribution in [0.15, 0.2) is 18.2 Å². The normalized spacial score (nSPS) is 11.2. The maximum absolute atomic E-state index is 11.7. The standard InChI is InChI=1S/C11H16N2O3/c1-11(2,6-12)13-10(16)8-4-3-7(14)5-9(8)15/h3-5,14-15H,6,12H2,1-2H3,(H,13,16). The molecule has 5 nitrogen and oxygen atoms in total. The van der Waals surface area contributed by atoms with Crippen LogP contribution in [-0.4, -0.2) is 28.2 Å². The second kappa shape index (κ2) is 4.40. The number of rotatable bonds is 3. The van der Waals surface area contributed by atoms with Gasteiger partial charge < -0.3 is 21.3 Å². The first-order chi connectivity index (χ1) is 7.35. The summed E-state index contributed by atoms with van der Waals surface area (Å²) in [5.74, 6) is -0.773. The van der Waals surface area contributed by atoms with Gasteiger partial charge in [-0.1, -0.05) is 0 Å². The average Bonchev–Trinajstić information content (AvgIpc) is 2.16. The van der Waals surface area contributed by atoms with Gasteiger partial charge in [0, 0.05) is 18.2 Å². The van der Waals surface area contributed by atoms with Gasteiger partial charge >= 0.3 is 0 Å². The van der Waals surface area contributed by atoms with Crippen molar-refractivity contribution in [3.8, 4) is 11.5 Å². The summed E-state index contributed by atoms with van der Waals surface area (Å²) in [6.45, 7) is 3.85. The number of benzene rings is 1. The highest BCUT2D eigenvalue weighted by Crippen LogP contribution is 2.22. The highest BCUT2D eigenvalue weighted by atomic mass is 16.3. The predicted octanol–water partition coefficient (Wildman–Crippen LogP) is 0.565. The number of carbonyl (C=O) groups excluding carboxylic acids is 1. The van der Waals surface area contributed by atoms with Crippen LogP contribution in [-0.2, 0) is 0 Å². The molecule has 1 amide bonds. The number of nitrogens with two attached hydrogens (primary N) is 1. The van der Waals surface area contributed by atoms with Crippen LogP contribution in [0.2, 0.25) is 0 Å². The van der Waals surface area contributed by atoms with Gasteiger partial charge in [-0.15, -0.1) is 0 Å². The summed E-state index contributed by atoms with van der Waals surface area (Å²) in [5, 5.41) is 21.2. The molecule has 0 bridgehead atoms. The van der Waals surface area contributed by atoms with Crippen molar-refractivity contribution in [2.24, 2.45) is 5.73 Å². The van der Waals surface area contributed by atoms with Gasteiger partial charge in [-0.25, -0.2) is 0 Å². The Labute approximate surface area is 93.9 Å². The van der Waals surface area contributed by atoms with Crippen molar-refractivity contribution < 1.29 is 15.0 Å². The number of hydrogen-bond acceptors (Lipinski definition) is 4. The molecular formula is C11H16N2O3. The Hall–Kier alpha value is -1.75. The Morgan fingerprint density at radius 1 is 1.44 bits per heavy atom. The van der Waals surface area contributed by atoms with Crippen molar-refractivity contribution >= 4 is 5.91 Å². The molecule has 0 aliphatic carbocycles. The van der Waals surface area contributed by atoms with Crippen molar-refractivity contribution in [3.05, 3.63) is 23.8 Å². The minimum Gasteiger partial charge on any atom is -0.508 e. The molecule has 0 saturated carbocycles. The van der Waals surface area contributed by atoms with Crippen molar-refractivity contribution in [2.75, 3.05) is 6.54 Å². The van der Waals surface area contributed by atoms with E-state index in [9.17, 15) is 9.90 Å². The quantitative estimate of drug-likeness (QED) is 0.603. The van der Waals surface area contributed by atoms with Gasteiger partial charge in [-0.3, -0.25) is 4.79 Å². The molecule has 0 spiro atoms. The van der Waals surface area contributed by atoms with Gasteiger partial charge in [-0.2, -0.15) is 0 Å². The fraction of sp³-hybridized carbons (Fsp3) is 0.364. The Balaban J connectivity index is 2.89. The fourth-order valence-electron chi connectivity index (χ4n) is 1.14. The first-order valence-electron chi connectivity index (χ1n) is 4.90. The van der Waals surface area contributed by atoms with E-state index in [2.05, 4.69) is 5.32 Å². The lowest BCUT2D eigenvalue weighted by atomic mass is 10.0. The number of nitrogens with one attached hydrogen (secondary N) is 1. The minimum atomic E-state index is -0.540. The zero-order chi connectivity index (χ0) is 12.3. The largest absolute Gasteiger partial charge is 0.508 e. The zero-order valence-electron chi connectivity index (χ0n) is 9.32. The van der Waals surface area contributed by atoms with E-state index in [1.165, 1.54) is 12.1 Å². The average molecular weight is 224 g/mol. The van der Waals surface area contributed by atoms with Crippen LogP contribution in [0.1, 0.15) is 24.2 Å². The van der Waals surface area contributed by atoms with Gasteiger partial charge in [-0.05, 0) is 26.0 Å². The lowest BCUT2D eigenvalue weighted by Crippen LogP contribution is -2.48. The zero-order valence-corrected chi connectivity index (χ0v) is 9.32. The van der Waals surface area contributed by atoms with Crippen LogP contribution in [0.25, 0.3) is 0 Å². The smallest absolute Gasteiger partial charge is 0.255 e.